The number of halogens is 1. The predicted octanol–water partition coefficient (Wildman–Crippen LogP) is 5.13. The maximum atomic E-state index is 11.6. The summed E-state index contributed by atoms with van der Waals surface area (Å²) in [5, 5.41) is 1.58. The van der Waals surface area contributed by atoms with Gasteiger partial charge in [-0.05, 0) is 48.9 Å². The number of rotatable bonds is 2. The van der Waals surface area contributed by atoms with Crippen LogP contribution in [0, 0.1) is 6.92 Å². The van der Waals surface area contributed by atoms with E-state index in [1.165, 1.54) is 0 Å². The molecule has 4 heteroatoms. The molecule has 0 fully saturated rings. The van der Waals surface area contributed by atoms with Gasteiger partial charge in [-0.15, -0.1) is 0 Å². The molecule has 3 aromatic heterocycles. The SMILES string of the molecule is Cc1ccc2cc(-c3cc4cc(Cl)ccc4o3)c(C=O)n2c1. The van der Waals surface area contributed by atoms with Crippen molar-refractivity contribution in [1.82, 2.24) is 4.40 Å². The largest absolute Gasteiger partial charge is 0.456 e. The highest BCUT2D eigenvalue weighted by Crippen LogP contribution is 2.33. The van der Waals surface area contributed by atoms with Gasteiger partial charge in [-0.25, -0.2) is 0 Å². The average Bonchev–Trinajstić information content (AvgIpc) is 3.06. The first-order valence-corrected chi connectivity index (χ1v) is 7.30. The molecule has 0 atom stereocenters. The quantitative estimate of drug-likeness (QED) is 0.481. The van der Waals surface area contributed by atoms with E-state index in [0.29, 0.717) is 16.5 Å². The highest BCUT2D eigenvalue weighted by atomic mass is 35.5. The van der Waals surface area contributed by atoms with Crippen LogP contribution in [-0.2, 0) is 0 Å². The summed E-state index contributed by atoms with van der Waals surface area (Å²) < 4.78 is 7.77. The molecule has 3 nitrogen and oxygen atoms in total. The molecule has 0 N–H and O–H groups in total. The molecule has 0 aliphatic heterocycles. The summed E-state index contributed by atoms with van der Waals surface area (Å²) in [7, 11) is 0. The van der Waals surface area contributed by atoms with Crippen molar-refractivity contribution < 1.29 is 9.21 Å². The third-order valence-corrected chi connectivity index (χ3v) is 4.05. The Hall–Kier alpha value is -2.52. The van der Waals surface area contributed by atoms with Crippen LogP contribution in [0.15, 0.2) is 53.1 Å². The number of nitrogens with zero attached hydrogens (tertiary/aromatic N) is 1. The zero-order valence-electron chi connectivity index (χ0n) is 11.8. The lowest BCUT2D eigenvalue weighted by Gasteiger charge is -1.99. The fraction of sp³-hybridized carbons (Fsp3) is 0.0556. The van der Waals surface area contributed by atoms with Crippen molar-refractivity contribution >= 4 is 34.4 Å². The molecule has 0 saturated carbocycles. The van der Waals surface area contributed by atoms with E-state index >= 15 is 0 Å². The summed E-state index contributed by atoms with van der Waals surface area (Å²) in [6.45, 7) is 2.00. The lowest BCUT2D eigenvalue weighted by atomic mass is 10.2. The highest BCUT2D eigenvalue weighted by molar-refractivity contribution is 6.31. The Labute approximate surface area is 131 Å². The van der Waals surface area contributed by atoms with E-state index in [0.717, 1.165) is 33.9 Å². The third kappa shape index (κ3) is 1.94. The van der Waals surface area contributed by atoms with Crippen molar-refractivity contribution in [2.75, 3.05) is 0 Å². The second-order valence-electron chi connectivity index (χ2n) is 5.36. The first kappa shape index (κ1) is 13.2. The summed E-state index contributed by atoms with van der Waals surface area (Å²) in [5.74, 6) is 0.667. The van der Waals surface area contributed by atoms with Crippen LogP contribution < -0.4 is 0 Å². The van der Waals surface area contributed by atoms with Gasteiger partial charge >= 0.3 is 0 Å². The first-order chi connectivity index (χ1) is 10.7. The summed E-state index contributed by atoms with van der Waals surface area (Å²) in [6, 6.07) is 13.4. The Morgan fingerprint density at radius 3 is 2.82 bits per heavy atom. The molecule has 0 saturated heterocycles. The van der Waals surface area contributed by atoms with E-state index < -0.39 is 0 Å². The number of benzene rings is 1. The molecule has 0 aliphatic carbocycles. The van der Waals surface area contributed by atoms with Gasteiger partial charge in [-0.1, -0.05) is 17.7 Å². The summed E-state index contributed by atoms with van der Waals surface area (Å²) >= 11 is 6.01. The molecule has 0 spiro atoms. The minimum absolute atomic E-state index is 0.587. The van der Waals surface area contributed by atoms with Gasteiger partial charge in [0.1, 0.15) is 11.3 Å². The smallest absolute Gasteiger partial charge is 0.167 e. The van der Waals surface area contributed by atoms with Crippen molar-refractivity contribution in [3.63, 3.8) is 0 Å². The maximum absolute atomic E-state index is 11.6. The normalized spacial score (nSPS) is 11.4. The van der Waals surface area contributed by atoms with Crippen molar-refractivity contribution in [1.29, 1.82) is 0 Å². The van der Waals surface area contributed by atoms with Gasteiger partial charge in [-0.3, -0.25) is 4.79 Å². The van der Waals surface area contributed by atoms with Gasteiger partial charge in [0.15, 0.2) is 6.29 Å². The molecular formula is C18H12ClNO2. The average molecular weight is 310 g/mol. The summed E-state index contributed by atoms with van der Waals surface area (Å²) in [5.41, 5.74) is 4.18. The zero-order chi connectivity index (χ0) is 15.3. The van der Waals surface area contributed by atoms with Crippen LogP contribution in [0.5, 0.6) is 0 Å². The fourth-order valence-corrected chi connectivity index (χ4v) is 2.94. The van der Waals surface area contributed by atoms with Crippen LogP contribution in [0.4, 0.5) is 0 Å². The lowest BCUT2D eigenvalue weighted by molar-refractivity contribution is 0.111. The van der Waals surface area contributed by atoms with E-state index in [2.05, 4.69) is 0 Å². The van der Waals surface area contributed by atoms with Gasteiger partial charge in [0.2, 0.25) is 0 Å². The van der Waals surface area contributed by atoms with Crippen LogP contribution >= 0.6 is 11.6 Å². The Morgan fingerprint density at radius 1 is 1.14 bits per heavy atom. The molecule has 3 heterocycles. The molecule has 22 heavy (non-hydrogen) atoms. The maximum Gasteiger partial charge on any atom is 0.167 e. The molecule has 4 aromatic rings. The van der Waals surface area contributed by atoms with E-state index in [9.17, 15) is 4.79 Å². The highest BCUT2D eigenvalue weighted by Gasteiger charge is 2.15. The van der Waals surface area contributed by atoms with Crippen LogP contribution in [0.25, 0.3) is 27.8 Å². The van der Waals surface area contributed by atoms with Crippen molar-refractivity contribution in [2.24, 2.45) is 0 Å². The fourth-order valence-electron chi connectivity index (χ4n) is 2.76. The molecule has 1 aromatic carbocycles. The number of aromatic nitrogens is 1. The molecular weight excluding hydrogens is 298 g/mol. The Kier molecular flexibility index (Phi) is 2.84. The molecule has 0 radical (unpaired) electrons. The molecule has 0 amide bonds. The Balaban J connectivity index is 2.00. The van der Waals surface area contributed by atoms with Gasteiger partial charge < -0.3 is 8.82 Å². The van der Waals surface area contributed by atoms with E-state index in [1.807, 2.05) is 53.9 Å². The minimum Gasteiger partial charge on any atom is -0.456 e. The van der Waals surface area contributed by atoms with E-state index in [-0.39, 0.29) is 0 Å². The van der Waals surface area contributed by atoms with Crippen molar-refractivity contribution in [2.45, 2.75) is 6.92 Å². The number of aldehydes is 1. The molecule has 0 bridgehead atoms. The summed E-state index contributed by atoms with van der Waals surface area (Å²) in [4.78, 5) is 11.6. The topological polar surface area (TPSA) is 34.6 Å². The number of fused-ring (bicyclic) bond motifs is 2. The van der Waals surface area contributed by atoms with Gasteiger partial charge in [0.25, 0.3) is 0 Å². The van der Waals surface area contributed by atoms with Crippen LogP contribution in [0.1, 0.15) is 16.1 Å². The molecule has 0 unspecified atom stereocenters. The van der Waals surface area contributed by atoms with Gasteiger partial charge in [-0.2, -0.15) is 0 Å². The minimum atomic E-state index is 0.587. The number of hydrogen-bond donors (Lipinski definition) is 0. The number of pyridine rings is 1. The standard InChI is InChI=1S/C18H12ClNO2/c1-11-2-4-14-8-15(16(10-21)20(14)9-11)18-7-12-6-13(19)3-5-17(12)22-18/h2-10H,1H3. The van der Waals surface area contributed by atoms with Crippen LogP contribution in [0.3, 0.4) is 0 Å². The second-order valence-corrected chi connectivity index (χ2v) is 5.79. The van der Waals surface area contributed by atoms with E-state index in [1.54, 1.807) is 6.07 Å². The number of carbonyl (C=O) groups is 1. The second kappa shape index (κ2) is 4.75. The number of aryl methyl sites for hydroxylation is 1. The number of hydrogen-bond acceptors (Lipinski definition) is 2. The summed E-state index contributed by atoms with van der Waals surface area (Å²) in [6.07, 6.45) is 2.81. The first-order valence-electron chi connectivity index (χ1n) is 6.92. The van der Waals surface area contributed by atoms with Crippen LogP contribution in [0.2, 0.25) is 5.02 Å². The lowest BCUT2D eigenvalue weighted by Crippen LogP contribution is -1.92. The van der Waals surface area contributed by atoms with Gasteiger partial charge in [0, 0.05) is 27.7 Å². The molecule has 4 rings (SSSR count). The molecule has 108 valence electrons. The number of furan rings is 1. The molecule has 0 aliphatic rings. The zero-order valence-corrected chi connectivity index (χ0v) is 12.6. The Morgan fingerprint density at radius 2 is 2.00 bits per heavy atom. The van der Waals surface area contributed by atoms with E-state index in [4.69, 9.17) is 16.0 Å². The third-order valence-electron chi connectivity index (χ3n) is 3.81. The van der Waals surface area contributed by atoms with Crippen LogP contribution in [-0.4, -0.2) is 10.7 Å². The van der Waals surface area contributed by atoms with Crippen molar-refractivity contribution in [3.05, 3.63) is 64.9 Å². The number of carbonyl (C=O) groups excluding carboxylic acids is 1. The van der Waals surface area contributed by atoms with Gasteiger partial charge in [0.05, 0.1) is 5.69 Å². The predicted molar refractivity (Wildman–Crippen MR) is 87.7 cm³/mol. The monoisotopic (exact) mass is 309 g/mol. The Bertz CT molecular complexity index is 1030. The van der Waals surface area contributed by atoms with Crippen molar-refractivity contribution in [3.8, 4) is 11.3 Å².